The third kappa shape index (κ3) is 35.8. The summed E-state index contributed by atoms with van der Waals surface area (Å²) in [7, 11) is 0. The summed E-state index contributed by atoms with van der Waals surface area (Å²) in [6.45, 7) is 20.1. The molecule has 0 aliphatic carbocycles. The predicted octanol–water partition coefficient (Wildman–Crippen LogP) is 12.9. The maximum Gasteiger partial charge on any atom is 0.508 e. The van der Waals surface area contributed by atoms with E-state index in [1.807, 2.05) is 0 Å². The van der Waals surface area contributed by atoms with Crippen LogP contribution in [-0.2, 0) is 28.5 Å². The highest BCUT2D eigenvalue weighted by Gasteiger charge is 2.20. The number of unbranched alkanes of at least 4 members (excludes halogenated alkanes) is 16. The lowest BCUT2D eigenvalue weighted by atomic mass is 9.94. The Morgan fingerprint density at radius 2 is 0.860 bits per heavy atom. The van der Waals surface area contributed by atoms with Gasteiger partial charge in [-0.15, -0.1) is 0 Å². The van der Waals surface area contributed by atoms with Crippen molar-refractivity contribution in [3.63, 3.8) is 0 Å². The van der Waals surface area contributed by atoms with Gasteiger partial charge in [0.15, 0.2) is 0 Å². The first kappa shape index (κ1) is 55.1. The van der Waals surface area contributed by atoms with E-state index in [1.165, 1.54) is 77.0 Å². The molecular formula is C48H94N2O7. The van der Waals surface area contributed by atoms with E-state index < -0.39 is 6.16 Å². The molecule has 0 aromatic carbocycles. The van der Waals surface area contributed by atoms with Crippen LogP contribution in [0.3, 0.4) is 0 Å². The second-order valence-corrected chi connectivity index (χ2v) is 16.4. The number of hydrogen-bond donors (Lipinski definition) is 0. The van der Waals surface area contributed by atoms with Gasteiger partial charge in [0.25, 0.3) is 0 Å². The second kappa shape index (κ2) is 42.3. The lowest BCUT2D eigenvalue weighted by Crippen LogP contribution is -2.37. The zero-order chi connectivity index (χ0) is 42.0. The fourth-order valence-electron chi connectivity index (χ4n) is 7.39. The van der Waals surface area contributed by atoms with E-state index in [4.69, 9.17) is 18.9 Å². The lowest BCUT2D eigenvalue weighted by molar-refractivity contribution is -0.149. The molecule has 0 rings (SSSR count). The minimum absolute atomic E-state index is 0.00254. The topological polar surface area (TPSA) is 94.6 Å². The molecule has 9 heteroatoms. The Labute approximate surface area is 352 Å². The molecule has 0 saturated heterocycles. The van der Waals surface area contributed by atoms with Gasteiger partial charge in [0, 0.05) is 32.6 Å². The maximum atomic E-state index is 13.2. The molecule has 338 valence electrons. The molecule has 9 nitrogen and oxygen atoms in total. The van der Waals surface area contributed by atoms with Crippen molar-refractivity contribution in [2.24, 2.45) is 5.92 Å². The zero-order valence-corrected chi connectivity index (χ0v) is 38.6. The van der Waals surface area contributed by atoms with Crippen LogP contribution in [0.4, 0.5) is 4.79 Å². The molecule has 0 amide bonds. The molecule has 0 N–H and O–H groups in total. The van der Waals surface area contributed by atoms with Gasteiger partial charge in [0.1, 0.15) is 6.10 Å². The van der Waals surface area contributed by atoms with Crippen molar-refractivity contribution in [2.75, 3.05) is 59.1 Å². The summed E-state index contributed by atoms with van der Waals surface area (Å²) < 4.78 is 22.7. The van der Waals surface area contributed by atoms with Gasteiger partial charge in [-0.3, -0.25) is 9.59 Å². The molecule has 1 unspecified atom stereocenters. The minimum atomic E-state index is -0.593. The molecule has 0 aromatic heterocycles. The monoisotopic (exact) mass is 811 g/mol. The van der Waals surface area contributed by atoms with E-state index in [-0.39, 0.29) is 24.0 Å². The second-order valence-electron chi connectivity index (χ2n) is 16.4. The standard InChI is InChI=1S/C48H94N2O7/c1-7-13-17-21-24-32-44(33-25-22-18-14-8-2)47(52)55-42-30-37-50(40-39-49(11-5)12-6)38-31-43-56-48(53)57-45(34-26-20-16-10-4)35-27-28-36-46(51)54-41-29-23-19-15-9-3/h44-45H,7-43H2,1-6H3. The van der Waals surface area contributed by atoms with Gasteiger partial charge in [-0.25, -0.2) is 4.79 Å². The maximum absolute atomic E-state index is 13.2. The fourth-order valence-corrected chi connectivity index (χ4v) is 7.39. The molecule has 0 heterocycles. The summed E-state index contributed by atoms with van der Waals surface area (Å²) in [4.78, 5) is 43.0. The summed E-state index contributed by atoms with van der Waals surface area (Å²) in [5.74, 6) is -0.103. The van der Waals surface area contributed by atoms with Crippen molar-refractivity contribution in [3.05, 3.63) is 0 Å². The molecule has 0 spiro atoms. The Kier molecular flexibility index (Phi) is 40.9. The number of rotatable bonds is 43. The molecule has 1 atom stereocenters. The zero-order valence-electron chi connectivity index (χ0n) is 38.6. The van der Waals surface area contributed by atoms with E-state index in [1.54, 1.807) is 0 Å². The van der Waals surface area contributed by atoms with Crippen LogP contribution in [0.1, 0.15) is 221 Å². The van der Waals surface area contributed by atoms with E-state index in [0.717, 1.165) is 129 Å². The Hall–Kier alpha value is -1.87. The van der Waals surface area contributed by atoms with Gasteiger partial charge in [-0.1, -0.05) is 151 Å². The van der Waals surface area contributed by atoms with Crippen LogP contribution in [0.15, 0.2) is 0 Å². The smallest absolute Gasteiger partial charge is 0.466 e. The summed E-state index contributed by atoms with van der Waals surface area (Å²) in [6, 6.07) is 0. The van der Waals surface area contributed by atoms with Gasteiger partial charge in [0.05, 0.1) is 25.7 Å². The summed E-state index contributed by atoms with van der Waals surface area (Å²) in [5.41, 5.74) is 0. The third-order valence-corrected chi connectivity index (χ3v) is 11.3. The normalized spacial score (nSPS) is 12.1. The first-order valence-electron chi connectivity index (χ1n) is 24.4. The van der Waals surface area contributed by atoms with Crippen LogP contribution in [0.5, 0.6) is 0 Å². The molecule has 0 bridgehead atoms. The Morgan fingerprint density at radius 1 is 0.421 bits per heavy atom. The van der Waals surface area contributed by atoms with Crippen molar-refractivity contribution < 1.29 is 33.3 Å². The number of carbonyl (C=O) groups excluding carboxylic acids is 3. The highest BCUT2D eigenvalue weighted by Crippen LogP contribution is 2.21. The number of likely N-dealkylation sites (N-methyl/N-ethyl adjacent to an activating group) is 1. The highest BCUT2D eigenvalue weighted by molar-refractivity contribution is 5.72. The van der Waals surface area contributed by atoms with E-state index in [2.05, 4.69) is 51.3 Å². The minimum Gasteiger partial charge on any atom is -0.466 e. The van der Waals surface area contributed by atoms with Crippen LogP contribution in [0.2, 0.25) is 0 Å². The van der Waals surface area contributed by atoms with Crippen molar-refractivity contribution in [1.82, 2.24) is 9.80 Å². The predicted molar refractivity (Wildman–Crippen MR) is 238 cm³/mol. The van der Waals surface area contributed by atoms with Crippen LogP contribution < -0.4 is 0 Å². The fraction of sp³-hybridized carbons (Fsp3) is 0.938. The summed E-state index contributed by atoms with van der Waals surface area (Å²) in [6.07, 6.45) is 28.4. The van der Waals surface area contributed by atoms with Crippen LogP contribution >= 0.6 is 0 Å². The van der Waals surface area contributed by atoms with Gasteiger partial charge in [-0.2, -0.15) is 0 Å². The first-order chi connectivity index (χ1) is 27.8. The number of hydrogen-bond acceptors (Lipinski definition) is 9. The first-order valence-corrected chi connectivity index (χ1v) is 24.4. The Balaban J connectivity index is 4.86. The number of carbonyl (C=O) groups is 3. The average molecular weight is 811 g/mol. The van der Waals surface area contributed by atoms with E-state index in [9.17, 15) is 14.4 Å². The number of ether oxygens (including phenoxy) is 4. The lowest BCUT2D eigenvalue weighted by Gasteiger charge is -2.26. The van der Waals surface area contributed by atoms with Crippen LogP contribution in [0.25, 0.3) is 0 Å². The van der Waals surface area contributed by atoms with Gasteiger partial charge in [-0.05, 0) is 77.3 Å². The molecule has 0 aliphatic heterocycles. The van der Waals surface area contributed by atoms with Crippen molar-refractivity contribution >= 4 is 18.1 Å². The van der Waals surface area contributed by atoms with Crippen molar-refractivity contribution in [1.29, 1.82) is 0 Å². The van der Waals surface area contributed by atoms with Crippen LogP contribution in [0, 0.1) is 5.92 Å². The quantitative estimate of drug-likeness (QED) is 0.0339. The SMILES string of the molecule is CCCCCCCOC(=O)CCCCC(CCCCCC)OC(=O)OCCCN(CCCOC(=O)C(CCCCCCC)CCCCCCC)CCN(CC)CC. The largest absolute Gasteiger partial charge is 0.508 e. The molecule has 0 radical (unpaired) electrons. The third-order valence-electron chi connectivity index (χ3n) is 11.3. The average Bonchev–Trinajstić information content (AvgIpc) is 3.21. The number of esters is 2. The molecule has 57 heavy (non-hydrogen) atoms. The van der Waals surface area contributed by atoms with Gasteiger partial charge >= 0.3 is 18.1 Å². The summed E-state index contributed by atoms with van der Waals surface area (Å²) in [5, 5.41) is 0. The molecule has 0 aliphatic rings. The van der Waals surface area contributed by atoms with Gasteiger partial charge in [0.2, 0.25) is 0 Å². The molecule has 0 saturated carbocycles. The van der Waals surface area contributed by atoms with Crippen molar-refractivity contribution in [2.45, 2.75) is 227 Å². The molecule has 0 aromatic rings. The Morgan fingerprint density at radius 3 is 1.40 bits per heavy atom. The number of nitrogens with zero attached hydrogens (tertiary/aromatic N) is 2. The van der Waals surface area contributed by atoms with E-state index in [0.29, 0.717) is 32.7 Å². The van der Waals surface area contributed by atoms with E-state index >= 15 is 0 Å². The molecule has 0 fully saturated rings. The Bertz CT molecular complexity index is 886. The summed E-state index contributed by atoms with van der Waals surface area (Å²) >= 11 is 0. The van der Waals surface area contributed by atoms with Gasteiger partial charge < -0.3 is 28.7 Å². The van der Waals surface area contributed by atoms with Crippen molar-refractivity contribution in [3.8, 4) is 0 Å². The van der Waals surface area contributed by atoms with Crippen LogP contribution in [-0.4, -0.2) is 93.1 Å². The molecular weight excluding hydrogens is 717 g/mol. The highest BCUT2D eigenvalue weighted by atomic mass is 16.7.